The molecule has 6 heteroatoms. The van der Waals surface area contributed by atoms with Crippen molar-refractivity contribution in [1.82, 2.24) is 10.5 Å². The van der Waals surface area contributed by atoms with Crippen molar-refractivity contribution < 1.29 is 18.0 Å². The van der Waals surface area contributed by atoms with Gasteiger partial charge in [-0.15, -0.1) is 0 Å². The van der Waals surface area contributed by atoms with Crippen molar-refractivity contribution in [1.29, 1.82) is 0 Å². The summed E-state index contributed by atoms with van der Waals surface area (Å²) in [5.74, 6) is -0.211. The third kappa shape index (κ3) is 2.95. The SMILES string of the molecule is Fc1cccc(F)c1-c1noc(C2CC2)c1CO[C@H]1C[C@H]2CC[C@@H](C1)N2. The third-order valence-electron chi connectivity index (χ3n) is 5.86. The highest BCUT2D eigenvalue weighted by Gasteiger charge is 2.36. The summed E-state index contributed by atoms with van der Waals surface area (Å²) in [7, 11) is 0. The van der Waals surface area contributed by atoms with E-state index in [2.05, 4.69) is 10.5 Å². The van der Waals surface area contributed by atoms with Gasteiger partial charge in [-0.2, -0.15) is 0 Å². The molecule has 3 atom stereocenters. The van der Waals surface area contributed by atoms with E-state index in [0.29, 0.717) is 30.2 Å². The first-order valence-corrected chi connectivity index (χ1v) is 9.49. The minimum absolute atomic E-state index is 0.118. The Bertz CT molecular complexity index is 786. The van der Waals surface area contributed by atoms with Gasteiger partial charge in [0.1, 0.15) is 23.1 Å². The van der Waals surface area contributed by atoms with E-state index < -0.39 is 11.6 Å². The zero-order chi connectivity index (χ0) is 17.7. The summed E-state index contributed by atoms with van der Waals surface area (Å²) < 4.78 is 40.2. The lowest BCUT2D eigenvalue weighted by molar-refractivity contribution is 0.00875. The van der Waals surface area contributed by atoms with Gasteiger partial charge in [-0.05, 0) is 50.7 Å². The number of rotatable bonds is 5. The standard InChI is InChI=1S/C20H22F2N2O2/c21-16-2-1-3-17(22)18(16)19-15(20(26-24-19)11-4-5-11)10-25-14-8-12-6-7-13(9-14)23-12/h1-3,11-14,23H,4-10H2/t12-,13+,14+. The highest BCUT2D eigenvalue weighted by atomic mass is 19.1. The van der Waals surface area contributed by atoms with Crippen molar-refractivity contribution in [2.24, 2.45) is 0 Å². The van der Waals surface area contributed by atoms with Crippen LogP contribution >= 0.6 is 0 Å². The van der Waals surface area contributed by atoms with Crippen LogP contribution in [0.2, 0.25) is 0 Å². The minimum Gasteiger partial charge on any atom is -0.373 e. The van der Waals surface area contributed by atoms with E-state index in [1.165, 1.54) is 31.0 Å². The van der Waals surface area contributed by atoms with E-state index in [1.807, 2.05) is 0 Å². The Morgan fingerprint density at radius 2 is 1.77 bits per heavy atom. The van der Waals surface area contributed by atoms with Crippen LogP contribution in [0.1, 0.15) is 55.8 Å². The molecular weight excluding hydrogens is 338 g/mol. The number of nitrogens with zero attached hydrogens (tertiary/aromatic N) is 1. The van der Waals surface area contributed by atoms with Crippen molar-refractivity contribution in [3.8, 4) is 11.3 Å². The lowest BCUT2D eigenvalue weighted by Crippen LogP contribution is -2.41. The predicted octanol–water partition coefficient (Wildman–Crippen LogP) is 4.30. The molecule has 0 radical (unpaired) electrons. The monoisotopic (exact) mass is 360 g/mol. The van der Waals surface area contributed by atoms with Crippen LogP contribution in [0, 0.1) is 11.6 Å². The molecule has 0 unspecified atom stereocenters. The van der Waals surface area contributed by atoms with E-state index in [0.717, 1.165) is 31.4 Å². The number of halogens is 2. The molecular formula is C20H22F2N2O2. The Labute approximate surface area is 150 Å². The topological polar surface area (TPSA) is 47.3 Å². The Balaban J connectivity index is 1.42. The van der Waals surface area contributed by atoms with Crippen LogP contribution in [-0.4, -0.2) is 23.3 Å². The van der Waals surface area contributed by atoms with Crippen LogP contribution in [0.5, 0.6) is 0 Å². The number of ether oxygens (including phenoxy) is 1. The molecule has 1 aromatic heterocycles. The summed E-state index contributed by atoms with van der Waals surface area (Å²) in [5, 5.41) is 7.62. The first-order chi connectivity index (χ1) is 12.7. The molecule has 3 fully saturated rings. The number of aromatic nitrogens is 1. The van der Waals surface area contributed by atoms with Crippen LogP contribution in [-0.2, 0) is 11.3 Å². The second kappa shape index (κ2) is 6.43. The van der Waals surface area contributed by atoms with E-state index >= 15 is 0 Å². The summed E-state index contributed by atoms with van der Waals surface area (Å²) in [5.41, 5.74) is 0.842. The molecule has 26 heavy (non-hydrogen) atoms. The van der Waals surface area contributed by atoms with Gasteiger partial charge in [-0.3, -0.25) is 0 Å². The van der Waals surface area contributed by atoms with Gasteiger partial charge >= 0.3 is 0 Å². The average Bonchev–Trinajstić information content (AvgIpc) is 3.30. The number of hydrogen-bond acceptors (Lipinski definition) is 4. The zero-order valence-corrected chi connectivity index (χ0v) is 14.5. The predicted molar refractivity (Wildman–Crippen MR) is 91.6 cm³/mol. The fourth-order valence-electron chi connectivity index (χ4n) is 4.39. The molecule has 3 aliphatic rings. The Morgan fingerprint density at radius 1 is 1.08 bits per heavy atom. The second-order valence-electron chi connectivity index (χ2n) is 7.79. The smallest absolute Gasteiger partial charge is 0.145 e. The van der Waals surface area contributed by atoms with Crippen molar-refractivity contribution >= 4 is 0 Å². The van der Waals surface area contributed by atoms with E-state index in [1.54, 1.807) is 0 Å². The van der Waals surface area contributed by atoms with E-state index in [9.17, 15) is 8.78 Å². The number of benzene rings is 1. The van der Waals surface area contributed by atoms with Crippen LogP contribution < -0.4 is 5.32 Å². The van der Waals surface area contributed by atoms with Crippen LogP contribution in [0.4, 0.5) is 8.78 Å². The van der Waals surface area contributed by atoms with Crippen LogP contribution in [0.25, 0.3) is 11.3 Å². The molecule has 4 nitrogen and oxygen atoms in total. The third-order valence-corrected chi connectivity index (χ3v) is 5.86. The lowest BCUT2D eigenvalue weighted by atomic mass is 10.0. The number of hydrogen-bond donors (Lipinski definition) is 1. The average molecular weight is 360 g/mol. The van der Waals surface area contributed by atoms with Gasteiger partial charge in [-0.1, -0.05) is 11.2 Å². The van der Waals surface area contributed by atoms with Crippen LogP contribution in [0.15, 0.2) is 22.7 Å². The van der Waals surface area contributed by atoms with Crippen molar-refractivity contribution in [2.75, 3.05) is 0 Å². The summed E-state index contributed by atoms with van der Waals surface area (Å²) in [6.45, 7) is 0.294. The van der Waals surface area contributed by atoms with Crippen LogP contribution in [0.3, 0.4) is 0 Å². The molecule has 0 spiro atoms. The van der Waals surface area contributed by atoms with Crippen molar-refractivity contribution in [3.05, 3.63) is 41.2 Å². The Morgan fingerprint density at radius 3 is 2.42 bits per heavy atom. The maximum absolute atomic E-state index is 14.3. The number of fused-ring (bicyclic) bond motifs is 2. The molecule has 3 heterocycles. The highest BCUT2D eigenvalue weighted by molar-refractivity contribution is 5.65. The van der Waals surface area contributed by atoms with Gasteiger partial charge < -0.3 is 14.6 Å². The maximum Gasteiger partial charge on any atom is 0.145 e. The summed E-state index contributed by atoms with van der Waals surface area (Å²) in [6, 6.07) is 4.93. The first-order valence-electron chi connectivity index (χ1n) is 9.49. The number of piperidine rings is 1. The Hall–Kier alpha value is -1.79. The number of nitrogens with one attached hydrogen (secondary N) is 1. The molecule has 5 rings (SSSR count). The quantitative estimate of drug-likeness (QED) is 0.864. The summed E-state index contributed by atoms with van der Waals surface area (Å²) in [4.78, 5) is 0. The van der Waals surface area contributed by atoms with Gasteiger partial charge in [0.2, 0.25) is 0 Å². The maximum atomic E-state index is 14.3. The first kappa shape index (κ1) is 16.4. The summed E-state index contributed by atoms with van der Waals surface area (Å²) >= 11 is 0. The molecule has 2 saturated heterocycles. The van der Waals surface area contributed by atoms with Crippen molar-refractivity contribution in [3.63, 3.8) is 0 Å². The molecule has 2 aliphatic heterocycles. The van der Waals surface area contributed by atoms with Gasteiger partial charge in [0.05, 0.1) is 18.3 Å². The second-order valence-corrected chi connectivity index (χ2v) is 7.79. The largest absolute Gasteiger partial charge is 0.373 e. The molecule has 1 N–H and O–H groups in total. The van der Waals surface area contributed by atoms with E-state index in [4.69, 9.17) is 9.26 Å². The normalized spacial score (nSPS) is 27.8. The lowest BCUT2D eigenvalue weighted by Gasteiger charge is -2.29. The zero-order valence-electron chi connectivity index (χ0n) is 14.5. The molecule has 1 saturated carbocycles. The van der Waals surface area contributed by atoms with Gasteiger partial charge in [0, 0.05) is 23.6 Å². The molecule has 2 bridgehead atoms. The molecule has 1 aliphatic carbocycles. The van der Waals surface area contributed by atoms with Crippen molar-refractivity contribution in [2.45, 2.75) is 69.2 Å². The Kier molecular flexibility index (Phi) is 4.05. The fourth-order valence-corrected chi connectivity index (χ4v) is 4.39. The molecule has 138 valence electrons. The van der Waals surface area contributed by atoms with E-state index in [-0.39, 0.29) is 17.4 Å². The fraction of sp³-hybridized carbons (Fsp3) is 0.550. The van der Waals surface area contributed by atoms with Gasteiger partial charge in [-0.25, -0.2) is 8.78 Å². The molecule has 2 aromatic rings. The van der Waals surface area contributed by atoms with Gasteiger partial charge in [0.25, 0.3) is 0 Å². The molecule has 0 amide bonds. The highest BCUT2D eigenvalue weighted by Crippen LogP contribution is 2.45. The minimum atomic E-state index is -0.623. The van der Waals surface area contributed by atoms with Gasteiger partial charge in [0.15, 0.2) is 0 Å². The summed E-state index contributed by atoms with van der Waals surface area (Å²) in [6.07, 6.45) is 6.62. The molecule has 1 aromatic carbocycles.